The molecule has 5 nitrogen and oxygen atoms in total. The Bertz CT molecular complexity index is 375. The van der Waals surface area contributed by atoms with E-state index in [1.165, 1.54) is 5.01 Å². The number of primary amides is 1. The zero-order valence-corrected chi connectivity index (χ0v) is 9.54. The van der Waals surface area contributed by atoms with Crippen molar-refractivity contribution < 1.29 is 9.90 Å². The fourth-order valence-electron chi connectivity index (χ4n) is 2.00. The number of urea groups is 1. The second kappa shape index (κ2) is 5.16. The molecule has 0 aromatic heterocycles. The van der Waals surface area contributed by atoms with Crippen LogP contribution in [0.2, 0.25) is 0 Å². The summed E-state index contributed by atoms with van der Waals surface area (Å²) in [5.41, 5.74) is 6.14. The summed E-state index contributed by atoms with van der Waals surface area (Å²) in [5, 5.41) is 12.8. The highest BCUT2D eigenvalue weighted by atomic mass is 16.3. The largest absolute Gasteiger partial charge is 0.393 e. The number of benzene rings is 1. The molecule has 0 saturated carbocycles. The van der Waals surface area contributed by atoms with Gasteiger partial charge >= 0.3 is 6.03 Å². The van der Waals surface area contributed by atoms with Gasteiger partial charge in [-0.1, -0.05) is 12.1 Å². The van der Waals surface area contributed by atoms with Gasteiger partial charge in [-0.2, -0.15) is 0 Å². The van der Waals surface area contributed by atoms with Gasteiger partial charge in [0, 0.05) is 13.1 Å². The van der Waals surface area contributed by atoms with Crippen molar-refractivity contribution in [1.29, 1.82) is 0 Å². The van der Waals surface area contributed by atoms with Crippen molar-refractivity contribution in [2.24, 2.45) is 5.73 Å². The number of aliphatic hydroxyl groups is 1. The fourth-order valence-corrected chi connectivity index (χ4v) is 2.00. The Balaban J connectivity index is 2.16. The number of hydrazine groups is 1. The van der Waals surface area contributed by atoms with E-state index in [9.17, 15) is 9.90 Å². The second-order valence-electron chi connectivity index (χ2n) is 4.09. The van der Waals surface area contributed by atoms with E-state index in [2.05, 4.69) is 6.07 Å². The lowest BCUT2D eigenvalue weighted by molar-refractivity contribution is 0.0803. The smallest absolute Gasteiger partial charge is 0.334 e. The molecule has 1 aliphatic rings. The highest BCUT2D eigenvalue weighted by Crippen LogP contribution is 2.19. The maximum atomic E-state index is 11.5. The molecule has 91 valence electrons. The summed E-state index contributed by atoms with van der Waals surface area (Å²) in [4.78, 5) is 11.5. The van der Waals surface area contributed by atoms with E-state index in [0.29, 0.717) is 25.9 Å². The minimum atomic E-state index is -0.507. The Morgan fingerprint density at radius 3 is 2.53 bits per heavy atom. The van der Waals surface area contributed by atoms with Crippen molar-refractivity contribution >= 4 is 11.7 Å². The topological polar surface area (TPSA) is 69.8 Å². The predicted octanol–water partition coefficient (Wildman–Crippen LogP) is 0.744. The molecule has 0 unspecified atom stereocenters. The third-order valence-electron chi connectivity index (χ3n) is 2.88. The Morgan fingerprint density at radius 2 is 2.00 bits per heavy atom. The van der Waals surface area contributed by atoms with E-state index in [1.807, 2.05) is 5.01 Å². The lowest BCUT2D eigenvalue weighted by Gasteiger charge is -2.37. The van der Waals surface area contributed by atoms with Crippen LogP contribution in [-0.4, -0.2) is 35.3 Å². The zero-order valence-electron chi connectivity index (χ0n) is 9.54. The van der Waals surface area contributed by atoms with Crippen LogP contribution in [0.1, 0.15) is 12.8 Å². The third-order valence-corrected chi connectivity index (χ3v) is 2.88. The van der Waals surface area contributed by atoms with Crippen LogP contribution in [0.25, 0.3) is 0 Å². The molecule has 1 fully saturated rings. The zero-order chi connectivity index (χ0) is 12.3. The number of piperidine rings is 1. The molecule has 0 aliphatic carbocycles. The van der Waals surface area contributed by atoms with Gasteiger partial charge in [-0.05, 0) is 31.0 Å². The number of hydrogen-bond donors (Lipinski definition) is 2. The lowest BCUT2D eigenvalue weighted by Crippen LogP contribution is -2.53. The molecule has 1 aliphatic heterocycles. The number of carbonyl (C=O) groups excluding carboxylic acids is 1. The Labute approximate surface area is 100 Å². The molecule has 3 N–H and O–H groups in total. The van der Waals surface area contributed by atoms with Crippen molar-refractivity contribution in [1.82, 2.24) is 5.01 Å². The number of hydrogen-bond acceptors (Lipinski definition) is 3. The maximum Gasteiger partial charge on any atom is 0.334 e. The first-order valence-corrected chi connectivity index (χ1v) is 5.67. The van der Waals surface area contributed by atoms with Gasteiger partial charge in [-0.15, -0.1) is 0 Å². The fraction of sp³-hybridized carbons (Fsp3) is 0.417. The summed E-state index contributed by atoms with van der Waals surface area (Å²) < 4.78 is 0. The van der Waals surface area contributed by atoms with Crippen molar-refractivity contribution in [3.8, 4) is 0 Å². The van der Waals surface area contributed by atoms with Crippen LogP contribution in [0.5, 0.6) is 0 Å². The van der Waals surface area contributed by atoms with Crippen LogP contribution in [0.3, 0.4) is 0 Å². The van der Waals surface area contributed by atoms with Gasteiger partial charge in [0.15, 0.2) is 0 Å². The molecule has 1 saturated heterocycles. The Morgan fingerprint density at radius 1 is 1.41 bits per heavy atom. The van der Waals surface area contributed by atoms with E-state index in [-0.39, 0.29) is 6.10 Å². The van der Waals surface area contributed by atoms with E-state index in [4.69, 9.17) is 5.73 Å². The van der Waals surface area contributed by atoms with Crippen molar-refractivity contribution in [3.05, 3.63) is 30.3 Å². The molecule has 17 heavy (non-hydrogen) atoms. The first-order valence-electron chi connectivity index (χ1n) is 5.67. The number of nitrogens with two attached hydrogens (primary N) is 1. The summed E-state index contributed by atoms with van der Waals surface area (Å²) in [6.07, 6.45) is 1.04. The summed E-state index contributed by atoms with van der Waals surface area (Å²) in [5.74, 6) is 0. The van der Waals surface area contributed by atoms with Crippen molar-refractivity contribution in [3.63, 3.8) is 0 Å². The average Bonchev–Trinajstić information content (AvgIpc) is 2.33. The molecular weight excluding hydrogens is 218 g/mol. The van der Waals surface area contributed by atoms with Crippen molar-refractivity contribution in [2.45, 2.75) is 18.9 Å². The number of rotatable bonds is 2. The molecular formula is C12H16N3O2. The Hall–Kier alpha value is -1.59. The summed E-state index contributed by atoms with van der Waals surface area (Å²) >= 11 is 0. The number of amides is 2. The van der Waals surface area contributed by atoms with E-state index < -0.39 is 6.03 Å². The molecule has 1 aromatic carbocycles. The van der Waals surface area contributed by atoms with Crippen LogP contribution in [0.15, 0.2) is 24.3 Å². The minimum Gasteiger partial charge on any atom is -0.393 e. The maximum absolute atomic E-state index is 11.5. The van der Waals surface area contributed by atoms with Crippen LogP contribution in [-0.2, 0) is 0 Å². The minimum absolute atomic E-state index is 0.273. The first-order chi connectivity index (χ1) is 8.18. The van der Waals surface area contributed by atoms with Gasteiger partial charge in [0.25, 0.3) is 0 Å². The monoisotopic (exact) mass is 234 g/mol. The molecule has 2 amide bonds. The lowest BCUT2D eigenvalue weighted by atomic mass is 10.1. The van der Waals surface area contributed by atoms with Gasteiger partial charge in [0.1, 0.15) is 0 Å². The molecule has 1 aromatic rings. The van der Waals surface area contributed by atoms with E-state index in [1.54, 1.807) is 24.3 Å². The van der Waals surface area contributed by atoms with Gasteiger partial charge in [-0.3, -0.25) is 0 Å². The standard InChI is InChI=1S/C12H16N3O2/c13-12(17)15(10-4-2-1-3-5-10)14-8-6-11(16)7-9-14/h2-5,11,16H,6-9H2,(H2,13,17). The molecule has 1 heterocycles. The Kier molecular flexibility index (Phi) is 3.61. The number of carbonyl (C=O) groups is 1. The third kappa shape index (κ3) is 2.75. The van der Waals surface area contributed by atoms with Crippen LogP contribution >= 0.6 is 0 Å². The normalized spacial score (nSPS) is 17.9. The number of aliphatic hydroxyl groups excluding tert-OH is 1. The SMILES string of the molecule is NC(=O)N(c1cc[c]cc1)N1CCC(O)CC1. The van der Waals surface area contributed by atoms with Gasteiger partial charge in [0.2, 0.25) is 0 Å². The summed E-state index contributed by atoms with van der Waals surface area (Å²) in [6, 6.07) is 9.45. The molecule has 5 heteroatoms. The number of nitrogens with zero attached hydrogens (tertiary/aromatic N) is 2. The van der Waals surface area contributed by atoms with E-state index >= 15 is 0 Å². The molecule has 0 bridgehead atoms. The van der Waals surface area contributed by atoms with E-state index in [0.717, 1.165) is 5.69 Å². The van der Waals surface area contributed by atoms with Gasteiger partial charge in [0.05, 0.1) is 11.8 Å². The molecule has 0 spiro atoms. The van der Waals surface area contributed by atoms with Crippen LogP contribution in [0.4, 0.5) is 10.5 Å². The van der Waals surface area contributed by atoms with Crippen LogP contribution in [0, 0.1) is 6.07 Å². The molecule has 1 radical (unpaired) electrons. The first kappa shape index (κ1) is 11.9. The number of anilines is 1. The predicted molar refractivity (Wildman–Crippen MR) is 64.2 cm³/mol. The van der Waals surface area contributed by atoms with Crippen LogP contribution < -0.4 is 10.7 Å². The van der Waals surface area contributed by atoms with Gasteiger partial charge in [-0.25, -0.2) is 14.8 Å². The van der Waals surface area contributed by atoms with Crippen molar-refractivity contribution in [2.75, 3.05) is 18.1 Å². The average molecular weight is 234 g/mol. The highest BCUT2D eigenvalue weighted by Gasteiger charge is 2.25. The summed E-state index contributed by atoms with van der Waals surface area (Å²) in [7, 11) is 0. The molecule has 0 atom stereocenters. The summed E-state index contributed by atoms with van der Waals surface area (Å²) in [6.45, 7) is 1.26. The highest BCUT2D eigenvalue weighted by molar-refractivity contribution is 5.89. The van der Waals surface area contributed by atoms with Gasteiger partial charge < -0.3 is 10.8 Å². The molecule has 2 rings (SSSR count). The quantitative estimate of drug-likeness (QED) is 0.793. The second-order valence-corrected chi connectivity index (χ2v) is 4.09.